The number of nitrogens with zero attached hydrogens (tertiary/aromatic N) is 7. The van der Waals surface area contributed by atoms with Gasteiger partial charge in [0.1, 0.15) is 29.2 Å². The molecule has 6 rings (SSSR count). The number of carbonyl (C=O) groups is 1. The molecule has 0 saturated heterocycles. The van der Waals surface area contributed by atoms with Gasteiger partial charge in [0.05, 0.1) is 11.0 Å². The summed E-state index contributed by atoms with van der Waals surface area (Å²) in [6.45, 7) is 3.95. The first-order valence-electron chi connectivity index (χ1n) is 11.3. The first-order chi connectivity index (χ1) is 15.9. The van der Waals surface area contributed by atoms with Crippen molar-refractivity contribution in [3.05, 3.63) is 48.3 Å². The molecule has 1 aromatic carbocycles. The molecule has 0 bridgehead atoms. The van der Waals surface area contributed by atoms with Crippen LogP contribution in [0.3, 0.4) is 0 Å². The van der Waals surface area contributed by atoms with Crippen molar-refractivity contribution in [2.24, 2.45) is 13.0 Å². The number of aryl methyl sites for hydroxylation is 2. The Morgan fingerprint density at radius 3 is 2.55 bits per heavy atom. The molecule has 8 heteroatoms. The Labute approximate surface area is 191 Å². The fourth-order valence-corrected chi connectivity index (χ4v) is 5.09. The van der Waals surface area contributed by atoms with Crippen LogP contribution < -0.4 is 4.90 Å². The van der Waals surface area contributed by atoms with E-state index in [2.05, 4.69) is 32.9 Å². The normalized spacial score (nSPS) is 20.0. The van der Waals surface area contributed by atoms with Crippen LogP contribution in [0.25, 0.3) is 33.8 Å². The third-order valence-corrected chi connectivity index (χ3v) is 7.09. The van der Waals surface area contributed by atoms with Gasteiger partial charge in [-0.3, -0.25) is 4.79 Å². The van der Waals surface area contributed by atoms with Gasteiger partial charge in [0.25, 0.3) is 0 Å². The Morgan fingerprint density at radius 2 is 1.82 bits per heavy atom. The van der Waals surface area contributed by atoms with Crippen molar-refractivity contribution in [3.8, 4) is 22.6 Å². The van der Waals surface area contributed by atoms with Crippen molar-refractivity contribution in [1.82, 2.24) is 29.5 Å². The molecule has 2 aliphatic rings. The number of rotatable bonds is 4. The lowest BCUT2D eigenvalue weighted by atomic mass is 9.78. The van der Waals surface area contributed by atoms with Crippen LogP contribution in [0.4, 0.5) is 5.69 Å². The number of carbonyl (C=O) groups excluding carboxylic acids is 1. The summed E-state index contributed by atoms with van der Waals surface area (Å²) in [5, 5.41) is 0. The van der Waals surface area contributed by atoms with Gasteiger partial charge in [-0.05, 0) is 43.9 Å². The van der Waals surface area contributed by atoms with Crippen LogP contribution in [-0.2, 0) is 17.3 Å². The molecule has 1 aliphatic heterocycles. The molecule has 1 saturated carbocycles. The van der Waals surface area contributed by atoms with Gasteiger partial charge in [0, 0.05) is 37.7 Å². The summed E-state index contributed by atoms with van der Waals surface area (Å²) >= 11 is 0. The van der Waals surface area contributed by atoms with Crippen LogP contribution in [0.1, 0.15) is 37.6 Å². The maximum absolute atomic E-state index is 13.2. The molecule has 33 heavy (non-hydrogen) atoms. The second-order valence-corrected chi connectivity index (χ2v) is 9.48. The van der Waals surface area contributed by atoms with Crippen molar-refractivity contribution in [2.45, 2.75) is 38.5 Å². The van der Waals surface area contributed by atoms with E-state index in [0.29, 0.717) is 11.7 Å². The molecule has 1 unspecified atom stereocenters. The van der Waals surface area contributed by atoms with Crippen molar-refractivity contribution >= 4 is 22.8 Å². The van der Waals surface area contributed by atoms with E-state index in [1.54, 1.807) is 23.6 Å². The van der Waals surface area contributed by atoms with E-state index in [9.17, 15) is 4.79 Å². The highest BCUT2D eigenvalue weighted by atomic mass is 16.2. The molecule has 1 fully saturated rings. The van der Waals surface area contributed by atoms with Crippen LogP contribution in [0, 0.1) is 12.8 Å². The number of hydrogen-bond donors (Lipinski definition) is 0. The quantitative estimate of drug-likeness (QED) is 0.480. The predicted octanol–water partition coefficient (Wildman–Crippen LogP) is 3.83. The van der Waals surface area contributed by atoms with E-state index >= 15 is 0 Å². The van der Waals surface area contributed by atoms with E-state index < -0.39 is 5.41 Å². The zero-order valence-corrected chi connectivity index (χ0v) is 19.2. The lowest BCUT2D eigenvalue weighted by Crippen LogP contribution is -2.36. The minimum absolute atomic E-state index is 0.175. The summed E-state index contributed by atoms with van der Waals surface area (Å²) < 4.78 is 1.94. The molecule has 1 aliphatic carbocycles. The van der Waals surface area contributed by atoms with Gasteiger partial charge in [0.15, 0.2) is 5.65 Å². The minimum atomic E-state index is -0.498. The van der Waals surface area contributed by atoms with Gasteiger partial charge in [-0.2, -0.15) is 0 Å². The molecule has 0 spiro atoms. The van der Waals surface area contributed by atoms with Gasteiger partial charge in [-0.25, -0.2) is 24.9 Å². The van der Waals surface area contributed by atoms with Gasteiger partial charge in [-0.1, -0.05) is 18.9 Å². The Morgan fingerprint density at radius 1 is 1.06 bits per heavy atom. The summed E-state index contributed by atoms with van der Waals surface area (Å²) in [7, 11) is 3.81. The molecule has 166 valence electrons. The van der Waals surface area contributed by atoms with E-state index in [1.165, 1.54) is 12.8 Å². The van der Waals surface area contributed by atoms with E-state index in [0.717, 1.165) is 51.5 Å². The number of amides is 1. The number of benzene rings is 1. The van der Waals surface area contributed by atoms with Crippen LogP contribution >= 0.6 is 0 Å². The van der Waals surface area contributed by atoms with Crippen molar-refractivity contribution in [2.75, 3.05) is 11.9 Å². The van der Waals surface area contributed by atoms with Crippen molar-refractivity contribution < 1.29 is 4.79 Å². The molecule has 1 amide bonds. The number of imidazole rings is 1. The van der Waals surface area contributed by atoms with Crippen LogP contribution in [0.5, 0.6) is 0 Å². The van der Waals surface area contributed by atoms with Crippen LogP contribution in [0.15, 0.2) is 36.9 Å². The second-order valence-electron chi connectivity index (χ2n) is 9.48. The number of hydrogen-bond acceptors (Lipinski definition) is 6. The average molecular weight is 440 g/mol. The SMILES string of the molecule is Cc1ncc(-c2nc3c(-c4ccc5c(c4)C(C)(CC4CC4)C(=O)N5C)ncnc3n2C)cn1. The van der Waals surface area contributed by atoms with Gasteiger partial charge in [0.2, 0.25) is 5.91 Å². The van der Waals surface area contributed by atoms with Crippen LogP contribution in [-0.4, -0.2) is 42.4 Å². The number of aromatic nitrogens is 6. The number of fused-ring (bicyclic) bond motifs is 2. The minimum Gasteiger partial charge on any atom is -0.314 e. The molecule has 8 nitrogen and oxygen atoms in total. The Kier molecular flexibility index (Phi) is 4.18. The first-order valence-corrected chi connectivity index (χ1v) is 11.3. The fraction of sp³-hybridized carbons (Fsp3) is 0.360. The highest BCUT2D eigenvalue weighted by Gasteiger charge is 2.48. The summed E-state index contributed by atoms with van der Waals surface area (Å²) in [5.74, 6) is 2.27. The van der Waals surface area contributed by atoms with Crippen molar-refractivity contribution in [3.63, 3.8) is 0 Å². The third kappa shape index (κ3) is 2.97. The molecular weight excluding hydrogens is 414 g/mol. The lowest BCUT2D eigenvalue weighted by molar-refractivity contribution is -0.122. The summed E-state index contributed by atoms with van der Waals surface area (Å²) in [5.41, 5.74) is 5.55. The van der Waals surface area contributed by atoms with Gasteiger partial charge < -0.3 is 9.47 Å². The summed E-state index contributed by atoms with van der Waals surface area (Å²) in [4.78, 5) is 37.6. The van der Waals surface area contributed by atoms with E-state index in [-0.39, 0.29) is 5.91 Å². The zero-order valence-electron chi connectivity index (χ0n) is 19.2. The maximum Gasteiger partial charge on any atom is 0.237 e. The molecule has 1 atom stereocenters. The lowest BCUT2D eigenvalue weighted by Gasteiger charge is -2.23. The molecule has 4 aromatic rings. The third-order valence-electron chi connectivity index (χ3n) is 7.09. The van der Waals surface area contributed by atoms with Crippen molar-refractivity contribution in [1.29, 1.82) is 0 Å². The molecule has 0 radical (unpaired) electrons. The predicted molar refractivity (Wildman–Crippen MR) is 126 cm³/mol. The largest absolute Gasteiger partial charge is 0.314 e. The monoisotopic (exact) mass is 439 g/mol. The Balaban J connectivity index is 1.50. The highest BCUT2D eigenvalue weighted by molar-refractivity contribution is 6.08. The highest BCUT2D eigenvalue weighted by Crippen LogP contribution is 2.50. The van der Waals surface area contributed by atoms with Crippen LogP contribution in [0.2, 0.25) is 0 Å². The van der Waals surface area contributed by atoms with Gasteiger partial charge in [-0.15, -0.1) is 0 Å². The molecule has 4 heterocycles. The first kappa shape index (κ1) is 20.0. The molecule has 0 N–H and O–H groups in total. The molecular formula is C25H25N7O. The van der Waals surface area contributed by atoms with E-state index in [4.69, 9.17) is 4.98 Å². The zero-order chi connectivity index (χ0) is 22.9. The topological polar surface area (TPSA) is 89.7 Å². The average Bonchev–Trinajstić information content (AvgIpc) is 3.54. The Bertz CT molecular complexity index is 1420. The summed E-state index contributed by atoms with van der Waals surface area (Å²) in [6, 6.07) is 6.19. The molecule has 3 aromatic heterocycles. The number of likely N-dealkylation sites (N-methyl/N-ethyl adjacent to an activating group) is 1. The Hall–Kier alpha value is -3.68. The summed E-state index contributed by atoms with van der Waals surface area (Å²) in [6.07, 6.45) is 8.45. The standard InChI is InChI=1S/C25H25N7O/c1-14-26-11-17(12-27-14)22-30-21-20(28-13-29-23(21)32(22)4)16-7-8-19-18(9-16)25(2,10-15-5-6-15)24(33)31(19)3/h7-9,11-13,15H,5-6,10H2,1-4H3. The van der Waals surface area contributed by atoms with E-state index in [1.807, 2.05) is 37.7 Å². The van der Waals surface area contributed by atoms with Gasteiger partial charge >= 0.3 is 0 Å². The number of anilines is 1. The fourth-order valence-electron chi connectivity index (χ4n) is 5.09. The second kappa shape index (κ2) is 6.91. The maximum atomic E-state index is 13.2. The smallest absolute Gasteiger partial charge is 0.237 e.